The monoisotopic (exact) mass is 264 g/mol. The van der Waals surface area contributed by atoms with Crippen molar-refractivity contribution in [3.8, 4) is 0 Å². The highest BCUT2D eigenvalue weighted by Crippen LogP contribution is 2.06. The molecule has 0 aliphatic heterocycles. The van der Waals surface area contributed by atoms with Crippen molar-refractivity contribution in [2.45, 2.75) is 33.4 Å². The summed E-state index contributed by atoms with van der Waals surface area (Å²) in [6.07, 6.45) is 2.71. The van der Waals surface area contributed by atoms with Crippen LogP contribution in [0.2, 0.25) is 0 Å². The number of thiophene rings is 1. The normalized spacial score (nSPS) is 11.3. The Labute approximate surface area is 112 Å². The average Bonchev–Trinajstić information content (AvgIpc) is 2.95. The van der Waals surface area contributed by atoms with Crippen LogP contribution in [0.4, 0.5) is 0 Å². The maximum absolute atomic E-state index is 4.30. The first kappa shape index (κ1) is 13.2. The summed E-state index contributed by atoms with van der Waals surface area (Å²) >= 11 is 1.75. The van der Waals surface area contributed by atoms with E-state index in [9.17, 15) is 0 Å². The van der Waals surface area contributed by atoms with Gasteiger partial charge in [-0.2, -0.15) is 16.4 Å². The van der Waals surface area contributed by atoms with Gasteiger partial charge in [-0.1, -0.05) is 13.8 Å². The third-order valence-corrected chi connectivity index (χ3v) is 3.42. The Bertz CT molecular complexity index is 447. The maximum atomic E-state index is 4.30. The summed E-state index contributed by atoms with van der Waals surface area (Å²) in [6.45, 7) is 7.08. The standard InChI is InChI=1S/C13H20N4S/c1-11(2)8-17-13(15-10-16-17)7-14-5-3-12-4-6-18-9-12/h4,6,9-11,14H,3,5,7-8H2,1-2H3. The Hall–Kier alpha value is -1.20. The average molecular weight is 264 g/mol. The van der Waals surface area contributed by atoms with Gasteiger partial charge in [-0.05, 0) is 41.3 Å². The molecule has 5 heteroatoms. The van der Waals surface area contributed by atoms with Crippen LogP contribution < -0.4 is 5.32 Å². The molecule has 98 valence electrons. The molecule has 0 radical (unpaired) electrons. The molecule has 18 heavy (non-hydrogen) atoms. The van der Waals surface area contributed by atoms with E-state index in [1.54, 1.807) is 17.7 Å². The molecule has 0 atom stereocenters. The molecule has 0 aliphatic carbocycles. The largest absolute Gasteiger partial charge is 0.310 e. The molecule has 1 N–H and O–H groups in total. The van der Waals surface area contributed by atoms with Gasteiger partial charge in [0.2, 0.25) is 0 Å². The molecule has 4 nitrogen and oxygen atoms in total. The van der Waals surface area contributed by atoms with E-state index in [0.29, 0.717) is 5.92 Å². The summed E-state index contributed by atoms with van der Waals surface area (Å²) in [5, 5.41) is 12.0. The zero-order valence-corrected chi connectivity index (χ0v) is 11.8. The van der Waals surface area contributed by atoms with E-state index in [2.05, 4.69) is 46.1 Å². The second-order valence-electron chi connectivity index (χ2n) is 4.81. The van der Waals surface area contributed by atoms with E-state index in [-0.39, 0.29) is 0 Å². The van der Waals surface area contributed by atoms with Gasteiger partial charge < -0.3 is 5.32 Å². The SMILES string of the molecule is CC(C)Cn1ncnc1CNCCc1ccsc1. The molecule has 0 bridgehead atoms. The lowest BCUT2D eigenvalue weighted by atomic mass is 10.2. The van der Waals surface area contributed by atoms with Crippen molar-refractivity contribution in [3.63, 3.8) is 0 Å². The fourth-order valence-electron chi connectivity index (χ4n) is 1.79. The summed E-state index contributed by atoms with van der Waals surface area (Å²) in [6, 6.07) is 2.17. The molecule has 0 fully saturated rings. The Kier molecular flexibility index (Phi) is 4.90. The van der Waals surface area contributed by atoms with Crippen LogP contribution in [0.1, 0.15) is 25.2 Å². The van der Waals surface area contributed by atoms with Crippen LogP contribution in [0.3, 0.4) is 0 Å². The van der Waals surface area contributed by atoms with Crippen LogP contribution in [0.25, 0.3) is 0 Å². The van der Waals surface area contributed by atoms with Crippen LogP contribution in [-0.2, 0) is 19.5 Å². The number of hydrogen-bond donors (Lipinski definition) is 1. The summed E-state index contributed by atoms with van der Waals surface area (Å²) < 4.78 is 1.99. The van der Waals surface area contributed by atoms with Gasteiger partial charge in [-0.3, -0.25) is 0 Å². The molecule has 0 unspecified atom stereocenters. The van der Waals surface area contributed by atoms with Crippen molar-refractivity contribution < 1.29 is 0 Å². The zero-order chi connectivity index (χ0) is 12.8. The molecule has 0 amide bonds. The van der Waals surface area contributed by atoms with Crippen LogP contribution >= 0.6 is 11.3 Å². The second kappa shape index (κ2) is 6.66. The lowest BCUT2D eigenvalue weighted by molar-refractivity contribution is 0.458. The minimum Gasteiger partial charge on any atom is -0.310 e. The van der Waals surface area contributed by atoms with E-state index in [1.165, 1.54) is 5.56 Å². The first-order valence-corrected chi connectivity index (χ1v) is 7.28. The van der Waals surface area contributed by atoms with Gasteiger partial charge in [0.05, 0.1) is 6.54 Å². The Balaban J connectivity index is 1.74. The number of aromatic nitrogens is 3. The van der Waals surface area contributed by atoms with Crippen LogP contribution in [-0.4, -0.2) is 21.3 Å². The van der Waals surface area contributed by atoms with E-state index in [4.69, 9.17) is 0 Å². The Morgan fingerprint density at radius 3 is 3.06 bits per heavy atom. The summed E-state index contributed by atoms with van der Waals surface area (Å²) in [5.74, 6) is 1.62. The minimum absolute atomic E-state index is 0.594. The zero-order valence-electron chi connectivity index (χ0n) is 11.0. The Morgan fingerprint density at radius 2 is 2.33 bits per heavy atom. The van der Waals surface area contributed by atoms with E-state index >= 15 is 0 Å². The second-order valence-corrected chi connectivity index (χ2v) is 5.59. The number of nitrogens with zero attached hydrogens (tertiary/aromatic N) is 3. The summed E-state index contributed by atoms with van der Waals surface area (Å²) in [5.41, 5.74) is 1.40. The summed E-state index contributed by atoms with van der Waals surface area (Å²) in [4.78, 5) is 4.30. The highest BCUT2D eigenvalue weighted by molar-refractivity contribution is 7.07. The molecule has 0 spiro atoms. The van der Waals surface area contributed by atoms with Gasteiger partial charge in [0.15, 0.2) is 0 Å². The van der Waals surface area contributed by atoms with Crippen molar-refractivity contribution >= 4 is 11.3 Å². The topological polar surface area (TPSA) is 42.7 Å². The molecule has 2 heterocycles. The third-order valence-electron chi connectivity index (χ3n) is 2.69. The van der Waals surface area contributed by atoms with E-state index in [0.717, 1.165) is 31.9 Å². The Morgan fingerprint density at radius 1 is 1.44 bits per heavy atom. The van der Waals surface area contributed by atoms with Gasteiger partial charge in [-0.25, -0.2) is 9.67 Å². The number of nitrogens with one attached hydrogen (secondary N) is 1. The molecule has 0 saturated carbocycles. The van der Waals surface area contributed by atoms with Crippen LogP contribution in [0.5, 0.6) is 0 Å². The van der Waals surface area contributed by atoms with Gasteiger partial charge >= 0.3 is 0 Å². The lowest BCUT2D eigenvalue weighted by Gasteiger charge is -2.09. The highest BCUT2D eigenvalue weighted by atomic mass is 32.1. The molecular weight excluding hydrogens is 244 g/mol. The fourth-order valence-corrected chi connectivity index (χ4v) is 2.49. The number of hydrogen-bond acceptors (Lipinski definition) is 4. The molecule has 0 aromatic carbocycles. The molecule has 0 aliphatic rings. The van der Waals surface area contributed by atoms with Crippen molar-refractivity contribution in [1.82, 2.24) is 20.1 Å². The van der Waals surface area contributed by atoms with Crippen molar-refractivity contribution in [2.75, 3.05) is 6.54 Å². The van der Waals surface area contributed by atoms with Gasteiger partial charge in [0, 0.05) is 6.54 Å². The predicted molar refractivity (Wildman–Crippen MR) is 74.6 cm³/mol. The fraction of sp³-hybridized carbons (Fsp3) is 0.538. The van der Waals surface area contributed by atoms with Crippen molar-refractivity contribution in [1.29, 1.82) is 0 Å². The maximum Gasteiger partial charge on any atom is 0.140 e. The van der Waals surface area contributed by atoms with Crippen molar-refractivity contribution in [2.24, 2.45) is 5.92 Å². The smallest absolute Gasteiger partial charge is 0.140 e. The van der Waals surface area contributed by atoms with E-state index < -0.39 is 0 Å². The van der Waals surface area contributed by atoms with E-state index in [1.807, 2.05) is 4.68 Å². The molecule has 2 aromatic rings. The molecule has 0 saturated heterocycles. The van der Waals surface area contributed by atoms with Gasteiger partial charge in [0.25, 0.3) is 0 Å². The molecule has 2 rings (SSSR count). The first-order chi connectivity index (χ1) is 8.75. The third kappa shape index (κ3) is 3.92. The van der Waals surface area contributed by atoms with Crippen LogP contribution in [0.15, 0.2) is 23.2 Å². The lowest BCUT2D eigenvalue weighted by Crippen LogP contribution is -2.21. The minimum atomic E-state index is 0.594. The summed E-state index contributed by atoms with van der Waals surface area (Å²) in [7, 11) is 0. The molecular formula is C13H20N4S. The number of rotatable bonds is 7. The van der Waals surface area contributed by atoms with Gasteiger partial charge in [0.1, 0.15) is 12.2 Å². The highest BCUT2D eigenvalue weighted by Gasteiger charge is 2.05. The molecule has 2 aromatic heterocycles. The van der Waals surface area contributed by atoms with Crippen LogP contribution in [0, 0.1) is 5.92 Å². The first-order valence-electron chi connectivity index (χ1n) is 6.34. The van der Waals surface area contributed by atoms with Crippen molar-refractivity contribution in [3.05, 3.63) is 34.5 Å². The van der Waals surface area contributed by atoms with Gasteiger partial charge in [-0.15, -0.1) is 0 Å². The quantitative estimate of drug-likeness (QED) is 0.781. The predicted octanol–water partition coefficient (Wildman–Crippen LogP) is 2.33.